The predicted octanol–water partition coefficient (Wildman–Crippen LogP) is 7.02. The number of hydrogen-bond acceptors (Lipinski definition) is 1. The standard InChI is InChI=1S/C27H23N3/c1-18-16-22(20-10-5-3-6-11-20)26(28-18)24-14-9-15-25(30-24)27-23(17-19(2)29-27)21-12-7-4-8-13-21/h3-17,28-29H,1-2H3. The summed E-state index contributed by atoms with van der Waals surface area (Å²) in [5.41, 5.74) is 10.9. The maximum absolute atomic E-state index is 5.05. The molecule has 146 valence electrons. The molecule has 0 aliphatic rings. The van der Waals surface area contributed by atoms with E-state index in [0.717, 1.165) is 34.2 Å². The van der Waals surface area contributed by atoms with Crippen LogP contribution in [0.5, 0.6) is 0 Å². The van der Waals surface area contributed by atoms with Gasteiger partial charge in [-0.25, -0.2) is 4.98 Å². The summed E-state index contributed by atoms with van der Waals surface area (Å²) in [6.45, 7) is 4.17. The Morgan fingerprint density at radius 1 is 0.533 bits per heavy atom. The average Bonchev–Trinajstić information content (AvgIpc) is 3.38. The van der Waals surface area contributed by atoms with E-state index in [0.29, 0.717) is 0 Å². The SMILES string of the molecule is Cc1cc(-c2ccccc2)c(-c2cccc(-c3[nH]c(C)cc3-c3ccccc3)n2)[nH]1. The van der Waals surface area contributed by atoms with Gasteiger partial charge in [0.15, 0.2) is 0 Å². The molecule has 0 spiro atoms. The van der Waals surface area contributed by atoms with Crippen LogP contribution in [0.4, 0.5) is 0 Å². The molecular formula is C27H23N3. The highest BCUT2D eigenvalue weighted by Crippen LogP contribution is 2.35. The minimum Gasteiger partial charge on any atom is -0.357 e. The number of rotatable bonds is 4. The maximum atomic E-state index is 5.05. The zero-order chi connectivity index (χ0) is 20.5. The molecule has 0 saturated carbocycles. The molecule has 2 N–H and O–H groups in total. The van der Waals surface area contributed by atoms with Crippen molar-refractivity contribution in [2.24, 2.45) is 0 Å². The smallest absolute Gasteiger partial charge is 0.0879 e. The molecule has 0 aliphatic heterocycles. The fraction of sp³-hybridized carbons (Fsp3) is 0.0741. The summed E-state index contributed by atoms with van der Waals surface area (Å²) in [7, 11) is 0. The van der Waals surface area contributed by atoms with E-state index in [1.54, 1.807) is 0 Å². The number of benzene rings is 2. The zero-order valence-corrected chi connectivity index (χ0v) is 17.1. The lowest BCUT2D eigenvalue weighted by Crippen LogP contribution is -1.91. The normalized spacial score (nSPS) is 11.0. The van der Waals surface area contributed by atoms with E-state index < -0.39 is 0 Å². The van der Waals surface area contributed by atoms with Crippen LogP contribution >= 0.6 is 0 Å². The Morgan fingerprint density at radius 2 is 0.967 bits per heavy atom. The highest BCUT2D eigenvalue weighted by Gasteiger charge is 2.15. The van der Waals surface area contributed by atoms with Crippen LogP contribution < -0.4 is 0 Å². The number of aryl methyl sites for hydroxylation is 2. The quantitative estimate of drug-likeness (QED) is 0.341. The average molecular weight is 390 g/mol. The van der Waals surface area contributed by atoms with E-state index in [1.165, 1.54) is 22.3 Å². The van der Waals surface area contributed by atoms with Gasteiger partial charge in [0.05, 0.1) is 22.8 Å². The van der Waals surface area contributed by atoms with Crippen molar-refractivity contribution in [3.8, 4) is 45.0 Å². The van der Waals surface area contributed by atoms with Crippen molar-refractivity contribution in [1.29, 1.82) is 0 Å². The Bertz CT molecular complexity index is 1200. The van der Waals surface area contributed by atoms with E-state index in [-0.39, 0.29) is 0 Å². The second-order valence-electron chi connectivity index (χ2n) is 7.62. The first-order valence-corrected chi connectivity index (χ1v) is 10.2. The number of H-pyrrole nitrogens is 2. The van der Waals surface area contributed by atoms with Gasteiger partial charge in [0.2, 0.25) is 0 Å². The minimum absolute atomic E-state index is 0.936. The zero-order valence-electron chi connectivity index (χ0n) is 17.1. The second kappa shape index (κ2) is 7.53. The molecule has 0 bridgehead atoms. The summed E-state index contributed by atoms with van der Waals surface area (Å²) in [5.74, 6) is 0. The predicted molar refractivity (Wildman–Crippen MR) is 124 cm³/mol. The van der Waals surface area contributed by atoms with E-state index in [4.69, 9.17) is 4.98 Å². The van der Waals surface area contributed by atoms with Crippen LogP contribution in [0, 0.1) is 13.8 Å². The van der Waals surface area contributed by atoms with Crippen molar-refractivity contribution in [2.45, 2.75) is 13.8 Å². The van der Waals surface area contributed by atoms with Crippen LogP contribution in [0.1, 0.15) is 11.4 Å². The Labute approximate surface area is 176 Å². The number of aromatic amines is 2. The third-order valence-electron chi connectivity index (χ3n) is 5.34. The highest BCUT2D eigenvalue weighted by atomic mass is 14.8. The lowest BCUT2D eigenvalue weighted by atomic mass is 10.0. The fourth-order valence-electron chi connectivity index (χ4n) is 3.99. The summed E-state index contributed by atoms with van der Waals surface area (Å²) in [6, 6.07) is 31.5. The Kier molecular flexibility index (Phi) is 4.56. The summed E-state index contributed by atoms with van der Waals surface area (Å²) in [5, 5.41) is 0. The largest absolute Gasteiger partial charge is 0.357 e. The van der Waals surface area contributed by atoms with E-state index >= 15 is 0 Å². The molecule has 0 aliphatic carbocycles. The molecule has 0 unspecified atom stereocenters. The van der Waals surface area contributed by atoms with Crippen LogP contribution in [-0.4, -0.2) is 15.0 Å². The molecule has 5 rings (SSSR count). The van der Waals surface area contributed by atoms with Gasteiger partial charge in [-0.05, 0) is 49.2 Å². The van der Waals surface area contributed by atoms with E-state index in [9.17, 15) is 0 Å². The summed E-state index contributed by atoms with van der Waals surface area (Å²) < 4.78 is 0. The monoisotopic (exact) mass is 389 g/mol. The summed E-state index contributed by atoms with van der Waals surface area (Å²) >= 11 is 0. The topological polar surface area (TPSA) is 44.5 Å². The van der Waals surface area contributed by atoms with Crippen LogP contribution in [0.3, 0.4) is 0 Å². The molecule has 3 heterocycles. The van der Waals surface area contributed by atoms with Gasteiger partial charge >= 0.3 is 0 Å². The first-order chi connectivity index (χ1) is 14.7. The lowest BCUT2D eigenvalue weighted by molar-refractivity contribution is 1.21. The Balaban J connectivity index is 1.63. The molecule has 3 heteroatoms. The second-order valence-corrected chi connectivity index (χ2v) is 7.62. The lowest BCUT2D eigenvalue weighted by Gasteiger charge is -2.08. The van der Waals surface area contributed by atoms with Gasteiger partial charge in [-0.1, -0.05) is 66.7 Å². The molecule has 0 saturated heterocycles. The molecule has 3 aromatic heterocycles. The first-order valence-electron chi connectivity index (χ1n) is 10.2. The fourth-order valence-corrected chi connectivity index (χ4v) is 3.99. The van der Waals surface area contributed by atoms with Crippen molar-refractivity contribution >= 4 is 0 Å². The summed E-state index contributed by atoms with van der Waals surface area (Å²) in [6.07, 6.45) is 0. The van der Waals surface area contributed by atoms with Crippen LogP contribution in [0.2, 0.25) is 0 Å². The number of nitrogens with one attached hydrogen (secondary N) is 2. The minimum atomic E-state index is 0.936. The highest BCUT2D eigenvalue weighted by molar-refractivity contribution is 5.84. The van der Waals surface area contributed by atoms with Gasteiger partial charge in [-0.15, -0.1) is 0 Å². The van der Waals surface area contributed by atoms with Gasteiger partial charge in [0, 0.05) is 22.5 Å². The third kappa shape index (κ3) is 3.35. The number of aromatic nitrogens is 3. The molecule has 0 radical (unpaired) electrons. The Morgan fingerprint density at radius 3 is 1.40 bits per heavy atom. The van der Waals surface area contributed by atoms with Crippen molar-refractivity contribution in [3.63, 3.8) is 0 Å². The molecule has 30 heavy (non-hydrogen) atoms. The van der Waals surface area contributed by atoms with Crippen molar-refractivity contribution < 1.29 is 0 Å². The van der Waals surface area contributed by atoms with Crippen molar-refractivity contribution in [1.82, 2.24) is 15.0 Å². The van der Waals surface area contributed by atoms with Crippen molar-refractivity contribution in [3.05, 3.63) is 102 Å². The Hall–Kier alpha value is -3.85. The van der Waals surface area contributed by atoms with E-state index in [1.807, 2.05) is 12.1 Å². The van der Waals surface area contributed by atoms with Gasteiger partial charge in [0.25, 0.3) is 0 Å². The van der Waals surface area contributed by atoms with E-state index in [2.05, 4.69) is 103 Å². The maximum Gasteiger partial charge on any atom is 0.0879 e. The van der Waals surface area contributed by atoms with Gasteiger partial charge in [-0.3, -0.25) is 0 Å². The molecule has 3 nitrogen and oxygen atoms in total. The molecule has 2 aromatic carbocycles. The summed E-state index contributed by atoms with van der Waals surface area (Å²) in [4.78, 5) is 12.1. The number of hydrogen-bond donors (Lipinski definition) is 2. The first kappa shape index (κ1) is 18.2. The van der Waals surface area contributed by atoms with Crippen LogP contribution in [0.25, 0.3) is 45.0 Å². The molecule has 0 amide bonds. The molecule has 5 aromatic rings. The number of pyridine rings is 1. The molecule has 0 fully saturated rings. The van der Waals surface area contributed by atoms with Crippen molar-refractivity contribution in [2.75, 3.05) is 0 Å². The van der Waals surface area contributed by atoms with Gasteiger partial charge < -0.3 is 9.97 Å². The molecule has 0 atom stereocenters. The number of nitrogens with zero attached hydrogens (tertiary/aromatic N) is 1. The van der Waals surface area contributed by atoms with Gasteiger partial charge in [0.1, 0.15) is 0 Å². The van der Waals surface area contributed by atoms with Crippen LogP contribution in [-0.2, 0) is 0 Å². The van der Waals surface area contributed by atoms with Crippen LogP contribution in [0.15, 0.2) is 91.0 Å². The van der Waals surface area contributed by atoms with Gasteiger partial charge in [-0.2, -0.15) is 0 Å². The molecular weight excluding hydrogens is 366 g/mol. The third-order valence-corrected chi connectivity index (χ3v) is 5.34.